The summed E-state index contributed by atoms with van der Waals surface area (Å²) in [7, 11) is 0. The van der Waals surface area contributed by atoms with Crippen molar-refractivity contribution in [2.45, 2.75) is 66.0 Å². The van der Waals surface area contributed by atoms with Gasteiger partial charge in [0.05, 0.1) is 5.76 Å². The van der Waals surface area contributed by atoms with Crippen LogP contribution in [0.3, 0.4) is 0 Å². The molecule has 0 saturated carbocycles. The van der Waals surface area contributed by atoms with Gasteiger partial charge in [0.15, 0.2) is 0 Å². The highest BCUT2D eigenvalue weighted by Crippen LogP contribution is 2.53. The van der Waals surface area contributed by atoms with Crippen LogP contribution in [0.1, 0.15) is 54.4 Å². The van der Waals surface area contributed by atoms with Crippen molar-refractivity contribution in [3.05, 3.63) is 12.3 Å². The molecule has 1 N–H and O–H groups in total. The smallest absolute Gasteiger partial charge is 0.213 e. The summed E-state index contributed by atoms with van der Waals surface area (Å²) in [6.45, 7) is 16.7. The lowest BCUT2D eigenvalue weighted by Gasteiger charge is -2.51. The van der Waals surface area contributed by atoms with Crippen molar-refractivity contribution in [3.8, 4) is 0 Å². The van der Waals surface area contributed by atoms with Crippen LogP contribution in [0.4, 0.5) is 0 Å². The predicted octanol–water partition coefficient (Wildman–Crippen LogP) is 4.42. The maximum atomic E-state index is 9.29. The first-order chi connectivity index (χ1) is 9.63. The second kappa shape index (κ2) is 5.56. The van der Waals surface area contributed by atoms with E-state index < -0.39 is 11.6 Å². The molecule has 2 aliphatic heterocycles. The molecule has 6 atom stereocenters. The Morgan fingerprint density at radius 3 is 2.48 bits per heavy atom. The zero-order chi connectivity index (χ0) is 16.0. The van der Waals surface area contributed by atoms with Crippen LogP contribution < -0.4 is 0 Å². The molecular formula is C17H30O4. The van der Waals surface area contributed by atoms with Gasteiger partial charge in [-0.15, -0.1) is 0 Å². The average molecular weight is 298 g/mol. The van der Waals surface area contributed by atoms with E-state index >= 15 is 0 Å². The summed E-state index contributed by atoms with van der Waals surface area (Å²) in [6, 6.07) is 0. The highest BCUT2D eigenvalue weighted by molar-refractivity contribution is 5.05. The van der Waals surface area contributed by atoms with Crippen molar-refractivity contribution in [3.63, 3.8) is 0 Å². The van der Waals surface area contributed by atoms with Crippen LogP contribution >= 0.6 is 0 Å². The van der Waals surface area contributed by atoms with E-state index in [0.29, 0.717) is 30.1 Å². The molecule has 0 bridgehead atoms. The van der Waals surface area contributed by atoms with Crippen molar-refractivity contribution in [2.75, 3.05) is 0 Å². The van der Waals surface area contributed by atoms with E-state index in [2.05, 4.69) is 39.2 Å². The van der Waals surface area contributed by atoms with Gasteiger partial charge in [-0.2, -0.15) is 0 Å². The van der Waals surface area contributed by atoms with E-state index in [1.165, 1.54) is 0 Å². The Kier molecular flexibility index (Phi) is 4.45. The lowest BCUT2D eigenvalue weighted by molar-refractivity contribution is -0.449. The molecule has 2 fully saturated rings. The van der Waals surface area contributed by atoms with Crippen molar-refractivity contribution in [1.29, 1.82) is 0 Å². The fourth-order valence-corrected chi connectivity index (χ4v) is 4.27. The fraction of sp³-hybridized carbons (Fsp3) is 0.882. The summed E-state index contributed by atoms with van der Waals surface area (Å²) >= 11 is 0. The first kappa shape index (κ1) is 16.8. The van der Waals surface area contributed by atoms with Gasteiger partial charge in [-0.25, -0.2) is 10.1 Å². The molecule has 4 nitrogen and oxygen atoms in total. The first-order valence-electron chi connectivity index (χ1n) is 8.04. The van der Waals surface area contributed by atoms with Crippen molar-refractivity contribution in [2.24, 2.45) is 29.6 Å². The van der Waals surface area contributed by atoms with Crippen LogP contribution in [0.2, 0.25) is 0 Å². The lowest BCUT2D eigenvalue weighted by Crippen LogP contribution is -2.55. The Morgan fingerprint density at radius 1 is 1.33 bits per heavy atom. The number of rotatable bonds is 2. The molecule has 0 amide bonds. The second-order valence-electron chi connectivity index (χ2n) is 7.53. The van der Waals surface area contributed by atoms with Crippen LogP contribution in [0.5, 0.6) is 0 Å². The van der Waals surface area contributed by atoms with Gasteiger partial charge < -0.3 is 9.47 Å². The number of hydrogen-bond donors (Lipinski definition) is 1. The van der Waals surface area contributed by atoms with Crippen LogP contribution in [-0.2, 0) is 14.4 Å². The van der Waals surface area contributed by atoms with Gasteiger partial charge in [0.2, 0.25) is 11.6 Å². The summed E-state index contributed by atoms with van der Waals surface area (Å²) in [5.41, 5.74) is 0. The van der Waals surface area contributed by atoms with Crippen LogP contribution in [-0.4, -0.2) is 16.8 Å². The van der Waals surface area contributed by atoms with Gasteiger partial charge in [0.1, 0.15) is 0 Å². The van der Waals surface area contributed by atoms with Crippen LogP contribution in [0, 0.1) is 29.6 Å². The summed E-state index contributed by atoms with van der Waals surface area (Å²) in [4.78, 5) is 4.67. The fourth-order valence-electron chi connectivity index (χ4n) is 4.27. The minimum absolute atomic E-state index is 0.245. The predicted molar refractivity (Wildman–Crippen MR) is 81.2 cm³/mol. The third-order valence-electron chi connectivity index (χ3n) is 5.66. The van der Waals surface area contributed by atoms with Gasteiger partial charge in [-0.1, -0.05) is 34.3 Å². The number of fused-ring (bicyclic) bond motifs is 1. The molecule has 122 valence electrons. The van der Waals surface area contributed by atoms with E-state index in [1.807, 2.05) is 6.92 Å². The van der Waals surface area contributed by atoms with E-state index in [9.17, 15) is 5.26 Å². The van der Waals surface area contributed by atoms with Crippen molar-refractivity contribution in [1.82, 2.24) is 0 Å². The molecule has 2 heterocycles. The summed E-state index contributed by atoms with van der Waals surface area (Å²) < 4.78 is 12.3. The quantitative estimate of drug-likeness (QED) is 0.605. The number of hydrogen-bond acceptors (Lipinski definition) is 4. The third kappa shape index (κ3) is 2.86. The third-order valence-corrected chi connectivity index (χ3v) is 5.66. The number of ether oxygens (including phenoxy) is 2. The molecular weight excluding hydrogens is 268 g/mol. The molecule has 2 aliphatic rings. The molecule has 0 aromatic rings. The topological polar surface area (TPSA) is 47.9 Å². The molecule has 4 heteroatoms. The Morgan fingerprint density at radius 2 is 1.95 bits per heavy atom. The molecule has 21 heavy (non-hydrogen) atoms. The lowest BCUT2D eigenvalue weighted by atomic mass is 9.66. The maximum absolute atomic E-state index is 9.29. The SMILES string of the molecule is C=C1O[C@]2(C)O[C@@](C)(OO)CC[C@@H](C(C)C)C2[C@@H](C)[C@H]1C. The second-order valence-corrected chi connectivity index (χ2v) is 7.53. The summed E-state index contributed by atoms with van der Waals surface area (Å²) in [5.74, 6) is 0.836. The zero-order valence-corrected chi connectivity index (χ0v) is 14.2. The highest BCUT2D eigenvalue weighted by atomic mass is 17.1. The average Bonchev–Trinajstić information content (AvgIpc) is 2.50. The van der Waals surface area contributed by atoms with E-state index in [-0.39, 0.29) is 5.92 Å². The molecule has 2 saturated heterocycles. The van der Waals surface area contributed by atoms with E-state index in [4.69, 9.17) is 9.47 Å². The molecule has 0 spiro atoms. The van der Waals surface area contributed by atoms with Crippen LogP contribution in [0.25, 0.3) is 0 Å². The minimum Gasteiger partial charge on any atom is -0.467 e. The minimum atomic E-state index is -1.03. The van der Waals surface area contributed by atoms with Crippen molar-refractivity contribution >= 4 is 0 Å². The summed E-state index contributed by atoms with van der Waals surface area (Å²) in [6.07, 6.45) is 1.59. The Hall–Kier alpha value is -0.580. The van der Waals surface area contributed by atoms with Gasteiger partial charge in [-0.3, -0.25) is 0 Å². The molecule has 0 radical (unpaired) electrons. The maximum Gasteiger partial charge on any atom is 0.213 e. The normalized spacial score (nSPS) is 47.7. The molecule has 0 aromatic heterocycles. The molecule has 2 rings (SSSR count). The monoisotopic (exact) mass is 298 g/mol. The molecule has 0 aromatic carbocycles. The van der Waals surface area contributed by atoms with Crippen molar-refractivity contribution < 1.29 is 19.6 Å². The standard InChI is InChI=1S/C17H30O4/c1-10(2)14-8-9-16(6,21-18)20-17(7)15(14)12(4)11(3)13(5)19-17/h10-12,14-15,18H,5,8-9H2,1-4,6-7H3/t11-,12+,14+,15?,16+,17-/m1/s1. The molecule has 0 aliphatic carbocycles. The Bertz CT molecular complexity index is 408. The van der Waals surface area contributed by atoms with Gasteiger partial charge in [0, 0.05) is 25.2 Å². The van der Waals surface area contributed by atoms with Crippen LogP contribution in [0.15, 0.2) is 12.3 Å². The number of allylic oxidation sites excluding steroid dienone is 1. The van der Waals surface area contributed by atoms with Gasteiger partial charge in [-0.05, 0) is 31.1 Å². The highest BCUT2D eigenvalue weighted by Gasteiger charge is 2.56. The van der Waals surface area contributed by atoms with Gasteiger partial charge >= 0.3 is 0 Å². The van der Waals surface area contributed by atoms with Gasteiger partial charge in [0.25, 0.3) is 0 Å². The Labute approximate surface area is 128 Å². The van der Waals surface area contributed by atoms with E-state index in [1.54, 1.807) is 6.92 Å². The molecule has 1 unspecified atom stereocenters. The summed E-state index contributed by atoms with van der Waals surface area (Å²) in [5, 5.41) is 9.29. The first-order valence-corrected chi connectivity index (χ1v) is 8.04. The van der Waals surface area contributed by atoms with E-state index in [0.717, 1.165) is 12.2 Å². The largest absolute Gasteiger partial charge is 0.467 e. The zero-order valence-electron chi connectivity index (χ0n) is 14.2. The Balaban J connectivity index is 2.45.